The summed E-state index contributed by atoms with van der Waals surface area (Å²) in [5.74, 6) is 0.481. The first-order valence-electron chi connectivity index (χ1n) is 10.1. The van der Waals surface area contributed by atoms with Gasteiger partial charge in [-0.15, -0.1) is 5.10 Å². The first kappa shape index (κ1) is 20.3. The molecule has 0 saturated carbocycles. The molecule has 1 amide bonds. The SMILES string of the molecule is COc1ccc(-n2nnc(C(=O)NCCCc3ccccc3)c2-c2cccnc2)cc1. The molecule has 0 bridgehead atoms. The van der Waals surface area contributed by atoms with E-state index in [2.05, 4.69) is 32.7 Å². The zero-order chi connectivity index (χ0) is 21.5. The molecule has 2 aromatic carbocycles. The van der Waals surface area contributed by atoms with Crippen molar-refractivity contribution in [1.29, 1.82) is 0 Å². The van der Waals surface area contributed by atoms with Crippen molar-refractivity contribution >= 4 is 5.91 Å². The molecule has 0 aliphatic carbocycles. The Labute approximate surface area is 180 Å². The Balaban J connectivity index is 1.55. The lowest BCUT2D eigenvalue weighted by atomic mass is 10.1. The normalized spacial score (nSPS) is 10.6. The number of ether oxygens (including phenoxy) is 1. The van der Waals surface area contributed by atoms with Crippen molar-refractivity contribution in [2.24, 2.45) is 0 Å². The lowest BCUT2D eigenvalue weighted by Gasteiger charge is -2.09. The largest absolute Gasteiger partial charge is 0.497 e. The van der Waals surface area contributed by atoms with E-state index in [9.17, 15) is 4.79 Å². The van der Waals surface area contributed by atoms with Gasteiger partial charge in [0.25, 0.3) is 5.91 Å². The molecule has 0 spiro atoms. The highest BCUT2D eigenvalue weighted by Crippen LogP contribution is 2.25. The van der Waals surface area contributed by atoms with Crippen molar-refractivity contribution in [3.63, 3.8) is 0 Å². The molecule has 0 radical (unpaired) electrons. The molecule has 0 fully saturated rings. The topological polar surface area (TPSA) is 81.9 Å². The van der Waals surface area contributed by atoms with E-state index in [0.29, 0.717) is 12.2 Å². The Bertz CT molecular complexity index is 1130. The van der Waals surface area contributed by atoms with Crippen molar-refractivity contribution < 1.29 is 9.53 Å². The Morgan fingerprint density at radius 3 is 2.55 bits per heavy atom. The maximum absolute atomic E-state index is 12.9. The van der Waals surface area contributed by atoms with Crippen molar-refractivity contribution in [3.8, 4) is 22.7 Å². The van der Waals surface area contributed by atoms with Crippen LogP contribution in [-0.2, 0) is 6.42 Å². The minimum Gasteiger partial charge on any atom is -0.497 e. The fraction of sp³-hybridized carbons (Fsp3) is 0.167. The average Bonchev–Trinajstić information content (AvgIpc) is 3.28. The molecule has 4 aromatic rings. The number of hydrogen-bond acceptors (Lipinski definition) is 5. The predicted molar refractivity (Wildman–Crippen MR) is 118 cm³/mol. The number of benzene rings is 2. The molecule has 2 heterocycles. The molecule has 0 atom stereocenters. The first-order chi connectivity index (χ1) is 15.3. The summed E-state index contributed by atoms with van der Waals surface area (Å²) in [7, 11) is 1.62. The van der Waals surface area contributed by atoms with Crippen molar-refractivity contribution in [2.45, 2.75) is 12.8 Å². The van der Waals surface area contributed by atoms with Gasteiger partial charge in [-0.25, -0.2) is 4.68 Å². The highest BCUT2D eigenvalue weighted by molar-refractivity contribution is 5.98. The Hall–Kier alpha value is -4.00. The predicted octanol–water partition coefficient (Wildman–Crippen LogP) is 3.70. The van der Waals surface area contributed by atoms with Gasteiger partial charge < -0.3 is 10.1 Å². The molecule has 156 valence electrons. The Morgan fingerprint density at radius 2 is 1.84 bits per heavy atom. The van der Waals surface area contributed by atoms with Gasteiger partial charge in [0.05, 0.1) is 12.8 Å². The van der Waals surface area contributed by atoms with Crippen LogP contribution >= 0.6 is 0 Å². The zero-order valence-corrected chi connectivity index (χ0v) is 17.2. The van der Waals surface area contributed by atoms with Crippen LogP contribution < -0.4 is 10.1 Å². The second-order valence-electron chi connectivity index (χ2n) is 6.98. The number of rotatable bonds is 8. The maximum atomic E-state index is 12.9. The van der Waals surface area contributed by atoms with Crippen molar-refractivity contribution in [1.82, 2.24) is 25.3 Å². The standard InChI is InChI=1S/C24H23N5O2/c1-31-21-13-11-20(12-14-21)29-23(19-10-6-15-25-17-19)22(27-28-29)24(30)26-16-5-9-18-7-3-2-4-8-18/h2-4,6-8,10-15,17H,5,9,16H2,1H3,(H,26,30). The number of carbonyl (C=O) groups excluding carboxylic acids is 1. The van der Waals surface area contributed by atoms with Crippen LogP contribution in [0.5, 0.6) is 5.75 Å². The van der Waals surface area contributed by atoms with E-state index in [0.717, 1.165) is 29.8 Å². The van der Waals surface area contributed by atoms with Gasteiger partial charge in [0.2, 0.25) is 0 Å². The molecule has 31 heavy (non-hydrogen) atoms. The van der Waals surface area contributed by atoms with Crippen LogP contribution in [0.3, 0.4) is 0 Å². The number of amides is 1. The monoisotopic (exact) mass is 413 g/mol. The quantitative estimate of drug-likeness (QED) is 0.446. The third kappa shape index (κ3) is 4.78. The third-order valence-corrected chi connectivity index (χ3v) is 4.91. The van der Waals surface area contributed by atoms with Crippen molar-refractivity contribution in [2.75, 3.05) is 13.7 Å². The molecule has 0 saturated heterocycles. The summed E-state index contributed by atoms with van der Waals surface area (Å²) in [4.78, 5) is 17.1. The van der Waals surface area contributed by atoms with E-state index in [1.165, 1.54) is 5.56 Å². The van der Waals surface area contributed by atoms with Gasteiger partial charge in [-0.3, -0.25) is 9.78 Å². The van der Waals surface area contributed by atoms with Crippen molar-refractivity contribution in [3.05, 3.63) is 90.4 Å². The van der Waals surface area contributed by atoms with Crippen LogP contribution in [0.2, 0.25) is 0 Å². The number of nitrogens with zero attached hydrogens (tertiary/aromatic N) is 4. The molecule has 0 aliphatic heterocycles. The van der Waals surface area contributed by atoms with Gasteiger partial charge >= 0.3 is 0 Å². The van der Waals surface area contributed by atoms with Gasteiger partial charge in [0.15, 0.2) is 5.69 Å². The molecule has 2 aromatic heterocycles. The van der Waals surface area contributed by atoms with Gasteiger partial charge in [0, 0.05) is 24.5 Å². The number of nitrogens with one attached hydrogen (secondary N) is 1. The van der Waals surface area contributed by atoms with Crippen LogP contribution in [0, 0.1) is 0 Å². The zero-order valence-electron chi connectivity index (χ0n) is 17.2. The minimum absolute atomic E-state index is 0.258. The van der Waals surface area contributed by atoms with Crippen LogP contribution in [0.1, 0.15) is 22.5 Å². The summed E-state index contributed by atoms with van der Waals surface area (Å²) in [5, 5.41) is 11.4. The Kier molecular flexibility index (Phi) is 6.32. The highest BCUT2D eigenvalue weighted by atomic mass is 16.5. The number of carbonyl (C=O) groups is 1. The maximum Gasteiger partial charge on any atom is 0.274 e. The lowest BCUT2D eigenvalue weighted by molar-refractivity contribution is 0.0949. The summed E-state index contributed by atoms with van der Waals surface area (Å²) >= 11 is 0. The number of aromatic nitrogens is 4. The molecule has 7 heteroatoms. The fourth-order valence-corrected chi connectivity index (χ4v) is 3.32. The van der Waals surface area contributed by atoms with Gasteiger partial charge in [-0.1, -0.05) is 35.5 Å². The van der Waals surface area contributed by atoms with E-state index < -0.39 is 0 Å². The molecular formula is C24H23N5O2. The second kappa shape index (κ2) is 9.67. The number of pyridine rings is 1. The second-order valence-corrected chi connectivity index (χ2v) is 6.98. The van der Waals surface area contributed by atoms with E-state index in [1.807, 2.05) is 54.6 Å². The lowest BCUT2D eigenvalue weighted by Crippen LogP contribution is -2.25. The van der Waals surface area contributed by atoms with E-state index in [1.54, 1.807) is 24.2 Å². The third-order valence-electron chi connectivity index (χ3n) is 4.91. The summed E-state index contributed by atoms with van der Waals surface area (Å²) in [6.07, 6.45) is 5.12. The smallest absolute Gasteiger partial charge is 0.274 e. The molecule has 7 nitrogen and oxygen atoms in total. The molecule has 4 rings (SSSR count). The summed E-state index contributed by atoms with van der Waals surface area (Å²) in [6.45, 7) is 0.551. The van der Waals surface area contributed by atoms with Crippen LogP contribution in [-0.4, -0.2) is 39.5 Å². The average molecular weight is 413 g/mol. The molecular weight excluding hydrogens is 390 g/mol. The van der Waals surface area contributed by atoms with Crippen LogP contribution in [0.15, 0.2) is 79.1 Å². The number of aryl methyl sites for hydroxylation is 1. The molecule has 0 unspecified atom stereocenters. The van der Waals surface area contributed by atoms with E-state index >= 15 is 0 Å². The fourth-order valence-electron chi connectivity index (χ4n) is 3.32. The van der Waals surface area contributed by atoms with Crippen LogP contribution in [0.25, 0.3) is 16.9 Å². The molecule has 1 N–H and O–H groups in total. The Morgan fingerprint density at radius 1 is 1.03 bits per heavy atom. The van der Waals surface area contributed by atoms with Gasteiger partial charge in [-0.05, 0) is 54.8 Å². The van der Waals surface area contributed by atoms with E-state index in [-0.39, 0.29) is 11.6 Å². The first-order valence-corrected chi connectivity index (χ1v) is 10.1. The van der Waals surface area contributed by atoms with Gasteiger partial charge in [0.1, 0.15) is 11.4 Å². The summed E-state index contributed by atoms with van der Waals surface area (Å²) < 4.78 is 6.88. The summed E-state index contributed by atoms with van der Waals surface area (Å²) in [6, 6.07) is 21.3. The number of methoxy groups -OCH3 is 1. The summed E-state index contributed by atoms with van der Waals surface area (Å²) in [5.41, 5.74) is 3.65. The number of hydrogen-bond donors (Lipinski definition) is 1. The molecule has 0 aliphatic rings. The van der Waals surface area contributed by atoms with Gasteiger partial charge in [-0.2, -0.15) is 0 Å². The highest BCUT2D eigenvalue weighted by Gasteiger charge is 2.22. The minimum atomic E-state index is -0.258. The van der Waals surface area contributed by atoms with Crippen LogP contribution in [0.4, 0.5) is 0 Å². The van der Waals surface area contributed by atoms with E-state index in [4.69, 9.17) is 4.74 Å².